The lowest BCUT2D eigenvalue weighted by molar-refractivity contribution is -0.151. The van der Waals surface area contributed by atoms with Crippen molar-refractivity contribution in [2.24, 2.45) is 11.8 Å². The van der Waals surface area contributed by atoms with Crippen molar-refractivity contribution in [1.29, 1.82) is 0 Å². The molecule has 0 aromatic heterocycles. The van der Waals surface area contributed by atoms with E-state index in [2.05, 4.69) is 5.32 Å². The summed E-state index contributed by atoms with van der Waals surface area (Å²) in [5.74, 6) is -2.38. The molecule has 1 aliphatic carbocycles. The number of methoxy groups -OCH3 is 3. The van der Waals surface area contributed by atoms with Gasteiger partial charge in [-0.15, -0.1) is 0 Å². The van der Waals surface area contributed by atoms with Crippen molar-refractivity contribution >= 4 is 17.7 Å². The highest BCUT2D eigenvalue weighted by molar-refractivity contribution is 6.12. The fourth-order valence-corrected chi connectivity index (χ4v) is 4.65. The molecule has 8 heteroatoms. The van der Waals surface area contributed by atoms with Crippen LogP contribution in [0.3, 0.4) is 0 Å². The van der Waals surface area contributed by atoms with Crippen LogP contribution in [0.15, 0.2) is 40.7 Å². The van der Waals surface area contributed by atoms with Crippen molar-refractivity contribution in [1.82, 2.24) is 5.32 Å². The summed E-state index contributed by atoms with van der Waals surface area (Å²) in [5.41, 5.74) is 2.69. The predicted octanol–water partition coefficient (Wildman–Crippen LogP) is 3.66. The second kappa shape index (κ2) is 10.3. The lowest BCUT2D eigenvalue weighted by atomic mass is 9.69. The first-order valence-electron chi connectivity index (χ1n) is 11.4. The van der Waals surface area contributed by atoms with Gasteiger partial charge in [-0.3, -0.25) is 9.59 Å². The molecule has 3 rings (SSSR count). The van der Waals surface area contributed by atoms with E-state index < -0.39 is 23.8 Å². The maximum atomic E-state index is 13.8. The Morgan fingerprint density at radius 2 is 1.82 bits per heavy atom. The summed E-state index contributed by atoms with van der Waals surface area (Å²) in [4.78, 5) is 39.6. The Morgan fingerprint density at radius 3 is 2.41 bits per heavy atom. The SMILES string of the molecule is CC[C@H](C)OC(=O)C1=C(C)NC2=C(C(=O)[C@H](C(=O)OC)[C@@H](C)C2)[C@H]1c1ccc(OC)c(OC)c1. The van der Waals surface area contributed by atoms with Crippen molar-refractivity contribution in [2.75, 3.05) is 21.3 Å². The molecule has 0 amide bonds. The quantitative estimate of drug-likeness (QED) is 0.475. The Balaban J connectivity index is 2.21. The molecule has 1 aliphatic heterocycles. The van der Waals surface area contributed by atoms with Gasteiger partial charge in [-0.1, -0.05) is 19.9 Å². The number of esters is 2. The van der Waals surface area contributed by atoms with E-state index in [1.165, 1.54) is 21.3 Å². The normalized spacial score (nSPS) is 23.0. The number of nitrogens with one attached hydrogen (secondary N) is 1. The van der Waals surface area contributed by atoms with Crippen LogP contribution in [0.25, 0.3) is 0 Å². The number of allylic oxidation sites excluding steroid dienone is 3. The highest BCUT2D eigenvalue weighted by Gasteiger charge is 2.47. The van der Waals surface area contributed by atoms with E-state index in [-0.39, 0.29) is 17.8 Å². The number of carbonyl (C=O) groups excluding carboxylic acids is 3. The molecule has 2 aliphatic rings. The van der Waals surface area contributed by atoms with Gasteiger partial charge in [0.1, 0.15) is 5.92 Å². The molecule has 0 bridgehead atoms. The number of hydrogen-bond donors (Lipinski definition) is 1. The van der Waals surface area contributed by atoms with E-state index in [1.807, 2.05) is 20.8 Å². The first-order valence-corrected chi connectivity index (χ1v) is 11.4. The molecule has 0 spiro atoms. The number of ether oxygens (including phenoxy) is 4. The fraction of sp³-hybridized carbons (Fsp3) is 0.500. The number of ketones is 1. The number of rotatable bonds is 7. The lowest BCUT2D eigenvalue weighted by Gasteiger charge is -2.38. The second-order valence-electron chi connectivity index (χ2n) is 8.77. The molecular weight excluding hydrogens is 438 g/mol. The summed E-state index contributed by atoms with van der Waals surface area (Å²) in [7, 11) is 4.33. The van der Waals surface area contributed by atoms with Crippen molar-refractivity contribution < 1.29 is 33.3 Å². The number of dihydropyridines is 1. The molecule has 0 radical (unpaired) electrons. The van der Waals surface area contributed by atoms with Gasteiger partial charge in [0.25, 0.3) is 0 Å². The van der Waals surface area contributed by atoms with E-state index in [0.717, 1.165) is 0 Å². The monoisotopic (exact) mass is 471 g/mol. The number of hydrogen-bond acceptors (Lipinski definition) is 8. The van der Waals surface area contributed by atoms with Gasteiger partial charge < -0.3 is 24.3 Å². The van der Waals surface area contributed by atoms with Crippen LogP contribution < -0.4 is 14.8 Å². The van der Waals surface area contributed by atoms with Crippen LogP contribution in [-0.4, -0.2) is 45.2 Å². The van der Waals surface area contributed by atoms with Crippen LogP contribution in [0, 0.1) is 11.8 Å². The summed E-state index contributed by atoms with van der Waals surface area (Å²) in [6, 6.07) is 5.28. The Kier molecular flexibility index (Phi) is 7.69. The Labute approximate surface area is 200 Å². The van der Waals surface area contributed by atoms with Crippen LogP contribution in [0.5, 0.6) is 11.5 Å². The maximum Gasteiger partial charge on any atom is 0.337 e. The zero-order valence-corrected chi connectivity index (χ0v) is 20.8. The highest BCUT2D eigenvalue weighted by atomic mass is 16.5. The molecule has 1 aromatic rings. The molecular formula is C26H33NO7. The first-order chi connectivity index (χ1) is 16.2. The summed E-state index contributed by atoms with van der Waals surface area (Å²) in [5, 5.41) is 3.26. The average Bonchev–Trinajstić information content (AvgIpc) is 2.82. The van der Waals surface area contributed by atoms with Gasteiger partial charge >= 0.3 is 11.9 Å². The molecule has 0 unspecified atom stereocenters. The summed E-state index contributed by atoms with van der Waals surface area (Å²) < 4.78 is 21.5. The smallest absolute Gasteiger partial charge is 0.337 e. The van der Waals surface area contributed by atoms with Gasteiger partial charge in [-0.05, 0) is 50.3 Å². The van der Waals surface area contributed by atoms with E-state index in [1.54, 1.807) is 25.1 Å². The van der Waals surface area contributed by atoms with Gasteiger partial charge in [-0.2, -0.15) is 0 Å². The lowest BCUT2D eigenvalue weighted by Crippen LogP contribution is -2.43. The first kappa shape index (κ1) is 25.3. The van der Waals surface area contributed by atoms with E-state index in [0.29, 0.717) is 52.4 Å². The number of benzene rings is 1. The van der Waals surface area contributed by atoms with Gasteiger partial charge in [0.2, 0.25) is 0 Å². The molecule has 0 fully saturated rings. The average molecular weight is 472 g/mol. The Hall–Kier alpha value is -3.29. The molecule has 0 saturated carbocycles. The van der Waals surface area contributed by atoms with Gasteiger partial charge in [0.05, 0.1) is 33.0 Å². The van der Waals surface area contributed by atoms with Crippen molar-refractivity contribution in [3.63, 3.8) is 0 Å². The third-order valence-corrected chi connectivity index (χ3v) is 6.59. The molecule has 8 nitrogen and oxygen atoms in total. The van der Waals surface area contributed by atoms with Crippen molar-refractivity contribution in [2.45, 2.75) is 52.6 Å². The Morgan fingerprint density at radius 1 is 1.15 bits per heavy atom. The second-order valence-corrected chi connectivity index (χ2v) is 8.77. The minimum atomic E-state index is -0.946. The third kappa shape index (κ3) is 4.54. The minimum absolute atomic E-state index is 0.251. The summed E-state index contributed by atoms with van der Waals surface area (Å²) in [6.07, 6.45) is 0.830. The minimum Gasteiger partial charge on any atom is -0.493 e. The zero-order chi connectivity index (χ0) is 25.2. The molecule has 34 heavy (non-hydrogen) atoms. The summed E-state index contributed by atoms with van der Waals surface area (Å²) in [6.45, 7) is 7.40. The van der Waals surface area contributed by atoms with Crippen LogP contribution in [0.1, 0.15) is 52.0 Å². The molecule has 1 aromatic carbocycles. The largest absolute Gasteiger partial charge is 0.493 e. The van der Waals surface area contributed by atoms with Gasteiger partial charge in [-0.25, -0.2) is 4.79 Å². The molecule has 184 valence electrons. The molecule has 0 saturated heterocycles. The van der Waals surface area contributed by atoms with Gasteiger partial charge in [0.15, 0.2) is 17.3 Å². The fourth-order valence-electron chi connectivity index (χ4n) is 4.65. The van der Waals surface area contributed by atoms with Crippen molar-refractivity contribution in [3.8, 4) is 11.5 Å². The van der Waals surface area contributed by atoms with Crippen LogP contribution in [0.2, 0.25) is 0 Å². The van der Waals surface area contributed by atoms with E-state index >= 15 is 0 Å². The van der Waals surface area contributed by atoms with Crippen LogP contribution >= 0.6 is 0 Å². The number of Topliss-reactive ketones (excluding diaryl/α,β-unsaturated/α-hetero) is 1. The third-order valence-electron chi connectivity index (χ3n) is 6.59. The molecule has 1 N–H and O–H groups in total. The summed E-state index contributed by atoms with van der Waals surface area (Å²) >= 11 is 0. The van der Waals surface area contributed by atoms with Crippen LogP contribution in [0.4, 0.5) is 0 Å². The topological polar surface area (TPSA) is 100 Å². The molecule has 4 atom stereocenters. The highest BCUT2D eigenvalue weighted by Crippen LogP contribution is 2.46. The van der Waals surface area contributed by atoms with Crippen molar-refractivity contribution in [3.05, 3.63) is 46.3 Å². The number of carbonyl (C=O) groups is 3. The van der Waals surface area contributed by atoms with E-state index in [4.69, 9.17) is 18.9 Å². The van der Waals surface area contributed by atoms with Crippen LogP contribution in [-0.2, 0) is 23.9 Å². The molecule has 1 heterocycles. The predicted molar refractivity (Wildman–Crippen MR) is 125 cm³/mol. The zero-order valence-electron chi connectivity index (χ0n) is 20.8. The van der Waals surface area contributed by atoms with Gasteiger partial charge in [0, 0.05) is 22.9 Å². The Bertz CT molecular complexity index is 1060. The maximum absolute atomic E-state index is 13.8. The van der Waals surface area contributed by atoms with E-state index in [9.17, 15) is 14.4 Å². The standard InChI is InChI=1S/C26H33NO7/c1-8-14(3)34-26(30)21-15(4)27-17-11-13(2)20(25(29)33-7)24(28)23(17)22(21)16-9-10-18(31-5)19(12-16)32-6/h9-10,12-14,20,22,27H,8,11H2,1-7H3/t13-,14-,20+,22-/m0/s1.